The maximum atomic E-state index is 12.3. The molecule has 0 aromatic heterocycles. The SMILES string of the molecule is CC(=O)O[C@H]1O[C@H]([13CH2]OC(c2ccccc2)(c2ccccc2)c2ccccc2)[C@@H](OC(C)=O)[C@H](OC(C)=O)[C@H]1OC(C)=O. The zero-order valence-corrected chi connectivity index (χ0v) is 24.3. The number of carbonyl (C=O) groups is 4. The summed E-state index contributed by atoms with van der Waals surface area (Å²) in [4.78, 5) is 48.6. The Morgan fingerprint density at radius 2 is 0.930 bits per heavy atom. The van der Waals surface area contributed by atoms with Crippen LogP contribution in [0.4, 0.5) is 0 Å². The van der Waals surface area contributed by atoms with Gasteiger partial charge in [0.25, 0.3) is 0 Å². The standard InChI is InChI=1S/C33H34O10/c1-21(34)39-29-28(43-32(42-24(4)37)31(41-23(3)36)30(29)40-22(2)35)20-38-33(25-14-8-5-9-15-25,26-16-10-6-11-17-26)27-18-12-7-13-19-27/h5-19,28-32H,20H2,1-4H3/t28-,29-,30+,31-,32+/m1/s1/i20+1. The molecule has 0 N–H and O–H groups in total. The highest BCUT2D eigenvalue weighted by molar-refractivity contribution is 5.69. The van der Waals surface area contributed by atoms with Crippen LogP contribution in [0.25, 0.3) is 0 Å². The fraction of sp³-hybridized carbons (Fsp3) is 0.333. The summed E-state index contributed by atoms with van der Waals surface area (Å²) in [6.07, 6.45) is -6.73. The maximum absolute atomic E-state index is 12.3. The van der Waals surface area contributed by atoms with E-state index in [1.54, 1.807) is 0 Å². The Balaban J connectivity index is 1.83. The summed E-state index contributed by atoms with van der Waals surface area (Å²) in [6.45, 7) is 4.40. The Morgan fingerprint density at radius 1 is 0.558 bits per heavy atom. The van der Waals surface area contributed by atoms with E-state index in [0.717, 1.165) is 37.5 Å². The molecule has 0 saturated carbocycles. The van der Waals surface area contributed by atoms with E-state index >= 15 is 0 Å². The third-order valence-corrected chi connectivity index (χ3v) is 6.78. The Hall–Kier alpha value is -4.54. The van der Waals surface area contributed by atoms with Crippen LogP contribution in [-0.2, 0) is 53.2 Å². The normalized spacial score (nSPS) is 21.7. The highest BCUT2D eigenvalue weighted by Crippen LogP contribution is 2.41. The molecule has 1 saturated heterocycles. The van der Waals surface area contributed by atoms with Gasteiger partial charge in [0.15, 0.2) is 12.2 Å². The molecule has 0 unspecified atom stereocenters. The van der Waals surface area contributed by atoms with Gasteiger partial charge in [-0.1, -0.05) is 91.0 Å². The molecule has 1 aliphatic heterocycles. The van der Waals surface area contributed by atoms with Crippen LogP contribution in [0.5, 0.6) is 0 Å². The Bertz CT molecular complexity index is 1300. The fourth-order valence-corrected chi connectivity index (χ4v) is 5.22. The molecule has 3 aromatic carbocycles. The first-order valence-electron chi connectivity index (χ1n) is 13.8. The van der Waals surface area contributed by atoms with E-state index in [0.29, 0.717) is 0 Å². The molecule has 5 atom stereocenters. The summed E-state index contributed by atoms with van der Waals surface area (Å²) in [5.41, 5.74) is 1.24. The van der Waals surface area contributed by atoms with Crippen molar-refractivity contribution in [3.8, 4) is 0 Å². The van der Waals surface area contributed by atoms with Crippen LogP contribution in [0.2, 0.25) is 0 Å². The van der Waals surface area contributed by atoms with Crippen LogP contribution < -0.4 is 0 Å². The minimum atomic E-state index is -1.49. The molecule has 10 heteroatoms. The fourth-order valence-electron chi connectivity index (χ4n) is 5.22. The molecule has 10 nitrogen and oxygen atoms in total. The van der Waals surface area contributed by atoms with Gasteiger partial charge in [-0.3, -0.25) is 19.2 Å². The zero-order chi connectivity index (χ0) is 31.0. The highest BCUT2D eigenvalue weighted by atomic mass is 16.8. The van der Waals surface area contributed by atoms with Crippen LogP contribution in [-0.4, -0.2) is 61.2 Å². The predicted molar refractivity (Wildman–Crippen MR) is 152 cm³/mol. The third kappa shape index (κ3) is 7.46. The van der Waals surface area contributed by atoms with Gasteiger partial charge in [0.05, 0.1) is 6.61 Å². The Morgan fingerprint density at radius 3 is 1.33 bits per heavy atom. The number of benzene rings is 3. The van der Waals surface area contributed by atoms with Crippen molar-refractivity contribution in [2.45, 2.75) is 64.0 Å². The van der Waals surface area contributed by atoms with Crippen molar-refractivity contribution in [2.24, 2.45) is 0 Å². The number of ether oxygens (including phenoxy) is 6. The lowest BCUT2D eigenvalue weighted by atomic mass is 9.80. The smallest absolute Gasteiger partial charge is 0.305 e. The maximum Gasteiger partial charge on any atom is 0.305 e. The van der Waals surface area contributed by atoms with E-state index in [1.807, 2.05) is 91.0 Å². The molecule has 0 radical (unpaired) electrons. The molecule has 226 valence electrons. The topological polar surface area (TPSA) is 124 Å². The molecule has 0 spiro atoms. The molecule has 0 bridgehead atoms. The van der Waals surface area contributed by atoms with E-state index in [1.165, 1.54) is 6.92 Å². The van der Waals surface area contributed by atoms with Crippen LogP contribution in [0.15, 0.2) is 91.0 Å². The predicted octanol–water partition coefficient (Wildman–Crippen LogP) is 4.08. The van der Waals surface area contributed by atoms with E-state index in [9.17, 15) is 19.2 Å². The molecule has 0 amide bonds. The van der Waals surface area contributed by atoms with Crippen molar-refractivity contribution in [3.63, 3.8) is 0 Å². The summed E-state index contributed by atoms with van der Waals surface area (Å²) in [5, 5.41) is 0. The number of rotatable bonds is 10. The largest absolute Gasteiger partial charge is 0.456 e. The third-order valence-electron chi connectivity index (χ3n) is 6.78. The summed E-state index contributed by atoms with van der Waals surface area (Å²) in [6, 6.07) is 28.7. The van der Waals surface area contributed by atoms with Gasteiger partial charge < -0.3 is 28.4 Å². The average molecular weight is 592 g/mol. The summed E-state index contributed by atoms with van der Waals surface area (Å²) < 4.78 is 34.9. The highest BCUT2D eigenvalue weighted by Gasteiger charge is 2.54. The lowest BCUT2D eigenvalue weighted by molar-refractivity contribution is -0.303. The number of esters is 4. The van der Waals surface area contributed by atoms with Gasteiger partial charge in [-0.15, -0.1) is 0 Å². The van der Waals surface area contributed by atoms with E-state index < -0.39 is 60.2 Å². The van der Waals surface area contributed by atoms with Gasteiger partial charge in [-0.25, -0.2) is 0 Å². The summed E-state index contributed by atoms with van der Waals surface area (Å²) in [7, 11) is 0. The van der Waals surface area contributed by atoms with Gasteiger partial charge >= 0.3 is 23.9 Å². The van der Waals surface area contributed by atoms with Crippen molar-refractivity contribution in [2.75, 3.05) is 6.61 Å². The summed E-state index contributed by atoms with van der Waals surface area (Å²) >= 11 is 0. The average Bonchev–Trinajstić information content (AvgIpc) is 2.97. The monoisotopic (exact) mass is 591 g/mol. The van der Waals surface area contributed by atoms with E-state index in [2.05, 4.69) is 0 Å². The van der Waals surface area contributed by atoms with Crippen LogP contribution in [0, 0.1) is 0 Å². The first-order valence-corrected chi connectivity index (χ1v) is 13.8. The second-order valence-electron chi connectivity index (χ2n) is 9.96. The number of carbonyl (C=O) groups excluding carboxylic acids is 4. The van der Waals surface area contributed by atoms with Crippen molar-refractivity contribution >= 4 is 23.9 Å². The molecule has 43 heavy (non-hydrogen) atoms. The molecule has 1 aliphatic rings. The van der Waals surface area contributed by atoms with Gasteiger partial charge in [-0.05, 0) is 16.7 Å². The quantitative estimate of drug-likeness (QED) is 0.147. The van der Waals surface area contributed by atoms with Crippen LogP contribution >= 0.6 is 0 Å². The molecule has 3 aromatic rings. The molecular weight excluding hydrogens is 557 g/mol. The summed E-state index contributed by atoms with van der Waals surface area (Å²) in [5.74, 6) is -2.93. The zero-order valence-electron chi connectivity index (χ0n) is 24.3. The molecule has 1 fully saturated rings. The molecule has 4 rings (SSSR count). The first kappa shape index (κ1) is 31.4. The Kier molecular flexibility index (Phi) is 10.3. The van der Waals surface area contributed by atoms with E-state index in [4.69, 9.17) is 28.4 Å². The lowest BCUT2D eigenvalue weighted by Gasteiger charge is -2.45. The van der Waals surface area contributed by atoms with Crippen molar-refractivity contribution in [3.05, 3.63) is 108 Å². The van der Waals surface area contributed by atoms with Gasteiger partial charge in [0, 0.05) is 27.7 Å². The lowest BCUT2D eigenvalue weighted by Crippen LogP contribution is -2.63. The first-order chi connectivity index (χ1) is 20.6. The van der Waals surface area contributed by atoms with Crippen molar-refractivity contribution in [1.29, 1.82) is 0 Å². The van der Waals surface area contributed by atoms with Gasteiger partial charge in [0.1, 0.15) is 11.7 Å². The van der Waals surface area contributed by atoms with Crippen molar-refractivity contribution < 1.29 is 47.6 Å². The van der Waals surface area contributed by atoms with Crippen molar-refractivity contribution in [1.82, 2.24) is 0 Å². The number of hydrogen-bond acceptors (Lipinski definition) is 10. The van der Waals surface area contributed by atoms with E-state index in [-0.39, 0.29) is 6.61 Å². The minimum absolute atomic E-state index is 0.237. The van der Waals surface area contributed by atoms with Gasteiger partial charge in [-0.2, -0.15) is 0 Å². The molecule has 1 heterocycles. The minimum Gasteiger partial charge on any atom is -0.456 e. The number of hydrogen-bond donors (Lipinski definition) is 0. The molecule has 0 aliphatic carbocycles. The molecular formula is C33H34O10. The van der Waals surface area contributed by atoms with Gasteiger partial charge in [0.2, 0.25) is 12.4 Å². The van der Waals surface area contributed by atoms with Crippen LogP contribution in [0.1, 0.15) is 44.4 Å². The second-order valence-corrected chi connectivity index (χ2v) is 9.96. The Labute approximate surface area is 249 Å². The van der Waals surface area contributed by atoms with Crippen LogP contribution in [0.3, 0.4) is 0 Å². The second kappa shape index (κ2) is 14.1.